The second-order valence-electron chi connectivity index (χ2n) is 5.36. The van der Waals surface area contributed by atoms with Crippen molar-refractivity contribution in [3.8, 4) is 11.8 Å². The summed E-state index contributed by atoms with van der Waals surface area (Å²) < 4.78 is 0. The molecule has 0 spiro atoms. The highest BCUT2D eigenvalue weighted by molar-refractivity contribution is 6.29. The van der Waals surface area contributed by atoms with E-state index in [1.165, 1.54) is 0 Å². The van der Waals surface area contributed by atoms with Gasteiger partial charge in [-0.05, 0) is 32.6 Å². The third kappa shape index (κ3) is 1.96. The first kappa shape index (κ1) is 9.93. The predicted molar refractivity (Wildman–Crippen MR) is 54.2 cm³/mol. The molecule has 0 amide bonds. The van der Waals surface area contributed by atoms with Crippen molar-refractivity contribution in [1.82, 2.24) is 0 Å². The SMILES string of the molecule is CC(C)(C)C#CC1(Cl)CC1(C)C. The molecule has 1 fully saturated rings. The van der Waals surface area contributed by atoms with E-state index in [9.17, 15) is 0 Å². The number of hydrogen-bond acceptors (Lipinski definition) is 0. The fraction of sp³-hybridized carbons (Fsp3) is 0.818. The molecule has 1 aliphatic rings. The van der Waals surface area contributed by atoms with Gasteiger partial charge >= 0.3 is 0 Å². The number of alkyl halides is 1. The summed E-state index contributed by atoms with van der Waals surface area (Å²) in [6, 6.07) is 0. The maximum atomic E-state index is 6.27. The Morgan fingerprint density at radius 3 is 1.92 bits per heavy atom. The molecule has 1 unspecified atom stereocenters. The maximum absolute atomic E-state index is 6.27. The normalized spacial score (nSPS) is 32.2. The molecule has 0 N–H and O–H groups in total. The molecule has 1 aliphatic carbocycles. The third-order valence-electron chi connectivity index (χ3n) is 2.27. The molecule has 0 saturated heterocycles. The van der Waals surface area contributed by atoms with Crippen LogP contribution in [0.4, 0.5) is 0 Å². The van der Waals surface area contributed by atoms with E-state index in [1.54, 1.807) is 0 Å². The quantitative estimate of drug-likeness (QED) is 0.400. The van der Waals surface area contributed by atoms with E-state index in [-0.39, 0.29) is 15.7 Å². The summed E-state index contributed by atoms with van der Waals surface area (Å²) in [6.45, 7) is 10.6. The van der Waals surface area contributed by atoms with E-state index in [0.717, 1.165) is 6.42 Å². The van der Waals surface area contributed by atoms with Gasteiger partial charge < -0.3 is 0 Å². The summed E-state index contributed by atoms with van der Waals surface area (Å²) in [4.78, 5) is -0.236. The molecule has 0 aliphatic heterocycles. The van der Waals surface area contributed by atoms with Crippen LogP contribution in [0.5, 0.6) is 0 Å². The Labute approximate surface area is 80.7 Å². The maximum Gasteiger partial charge on any atom is 0.111 e. The van der Waals surface area contributed by atoms with E-state index in [0.29, 0.717) is 0 Å². The molecule has 0 bridgehead atoms. The van der Waals surface area contributed by atoms with E-state index < -0.39 is 0 Å². The standard InChI is InChI=1S/C11H17Cl/c1-9(2,3)6-7-11(12)8-10(11,4)5/h8H2,1-5H3. The summed E-state index contributed by atoms with van der Waals surface area (Å²) in [6.07, 6.45) is 1.02. The third-order valence-corrected chi connectivity index (χ3v) is 3.01. The topological polar surface area (TPSA) is 0 Å². The molecule has 0 nitrogen and oxygen atoms in total. The summed E-state index contributed by atoms with van der Waals surface area (Å²) in [5.74, 6) is 6.38. The van der Waals surface area contributed by atoms with Crippen molar-refractivity contribution < 1.29 is 0 Å². The Balaban J connectivity index is 2.70. The first-order chi connectivity index (χ1) is 5.16. The van der Waals surface area contributed by atoms with Gasteiger partial charge in [0.25, 0.3) is 0 Å². The first-order valence-electron chi connectivity index (χ1n) is 4.40. The van der Waals surface area contributed by atoms with Crippen LogP contribution in [0, 0.1) is 22.7 Å². The molecular formula is C11H17Cl. The summed E-state index contributed by atoms with van der Waals surface area (Å²) in [5, 5.41) is 0. The molecule has 1 saturated carbocycles. The van der Waals surface area contributed by atoms with Crippen LogP contribution >= 0.6 is 11.6 Å². The second kappa shape index (κ2) is 2.42. The molecule has 0 aromatic heterocycles. The minimum absolute atomic E-state index is 0.0700. The molecule has 68 valence electrons. The summed E-state index contributed by atoms with van der Waals surface area (Å²) in [7, 11) is 0. The van der Waals surface area contributed by atoms with Crippen LogP contribution in [0.15, 0.2) is 0 Å². The Kier molecular flexibility index (Phi) is 2.00. The van der Waals surface area contributed by atoms with Gasteiger partial charge in [-0.2, -0.15) is 0 Å². The molecule has 0 aromatic carbocycles. The van der Waals surface area contributed by atoms with E-state index >= 15 is 0 Å². The largest absolute Gasteiger partial charge is 0.111 e. The van der Waals surface area contributed by atoms with Crippen molar-refractivity contribution in [1.29, 1.82) is 0 Å². The second-order valence-corrected chi connectivity index (χ2v) is 6.01. The molecule has 1 atom stereocenters. The molecule has 12 heavy (non-hydrogen) atoms. The van der Waals surface area contributed by atoms with Crippen LogP contribution in [-0.2, 0) is 0 Å². The fourth-order valence-corrected chi connectivity index (χ4v) is 1.45. The lowest BCUT2D eigenvalue weighted by atomic mass is 9.97. The number of halogens is 1. The van der Waals surface area contributed by atoms with Gasteiger partial charge in [0.05, 0.1) is 0 Å². The van der Waals surface area contributed by atoms with Crippen molar-refractivity contribution in [2.75, 3.05) is 0 Å². The van der Waals surface area contributed by atoms with Gasteiger partial charge in [-0.1, -0.05) is 25.7 Å². The highest BCUT2D eigenvalue weighted by atomic mass is 35.5. The lowest BCUT2D eigenvalue weighted by molar-refractivity contribution is 0.568. The average molecular weight is 185 g/mol. The minimum Gasteiger partial charge on any atom is -0.104 e. The summed E-state index contributed by atoms with van der Waals surface area (Å²) in [5.41, 5.74) is 0.285. The van der Waals surface area contributed by atoms with E-state index in [1.807, 2.05) is 0 Å². The lowest BCUT2D eigenvalue weighted by Crippen LogP contribution is -2.07. The van der Waals surface area contributed by atoms with Gasteiger partial charge in [0.1, 0.15) is 4.87 Å². The number of hydrogen-bond donors (Lipinski definition) is 0. The van der Waals surface area contributed by atoms with Gasteiger partial charge in [-0.25, -0.2) is 0 Å². The highest BCUT2D eigenvalue weighted by Crippen LogP contribution is 2.60. The van der Waals surface area contributed by atoms with Crippen molar-refractivity contribution in [3.63, 3.8) is 0 Å². The van der Waals surface area contributed by atoms with Crippen LogP contribution in [0.2, 0.25) is 0 Å². The first-order valence-corrected chi connectivity index (χ1v) is 4.77. The smallest absolute Gasteiger partial charge is 0.104 e. The Bertz CT molecular complexity index is 246. The monoisotopic (exact) mass is 184 g/mol. The molecule has 0 heterocycles. The van der Waals surface area contributed by atoms with Crippen molar-refractivity contribution in [2.24, 2.45) is 10.8 Å². The Morgan fingerprint density at radius 1 is 1.25 bits per heavy atom. The van der Waals surface area contributed by atoms with Crippen LogP contribution in [0.1, 0.15) is 41.0 Å². The summed E-state index contributed by atoms with van der Waals surface area (Å²) >= 11 is 6.27. The molecular weight excluding hydrogens is 168 g/mol. The average Bonchev–Trinajstić information content (AvgIpc) is 2.28. The van der Waals surface area contributed by atoms with Crippen LogP contribution < -0.4 is 0 Å². The molecule has 0 aromatic rings. The van der Waals surface area contributed by atoms with Gasteiger partial charge in [-0.15, -0.1) is 11.6 Å². The van der Waals surface area contributed by atoms with E-state index in [4.69, 9.17) is 11.6 Å². The lowest BCUT2D eigenvalue weighted by Gasteiger charge is -2.09. The molecule has 1 heteroatoms. The molecule has 0 radical (unpaired) electrons. The predicted octanol–water partition coefficient (Wildman–Crippen LogP) is 3.44. The zero-order valence-electron chi connectivity index (χ0n) is 8.59. The Hall–Kier alpha value is -0.150. The van der Waals surface area contributed by atoms with Crippen LogP contribution in [-0.4, -0.2) is 4.87 Å². The van der Waals surface area contributed by atoms with Gasteiger partial charge in [0.15, 0.2) is 0 Å². The minimum atomic E-state index is -0.236. The number of rotatable bonds is 0. The van der Waals surface area contributed by atoms with E-state index in [2.05, 4.69) is 46.5 Å². The van der Waals surface area contributed by atoms with Crippen molar-refractivity contribution >= 4 is 11.6 Å². The zero-order chi connectivity index (χ0) is 9.62. The zero-order valence-corrected chi connectivity index (χ0v) is 9.34. The molecule has 1 rings (SSSR count). The van der Waals surface area contributed by atoms with Crippen LogP contribution in [0.25, 0.3) is 0 Å². The van der Waals surface area contributed by atoms with Crippen molar-refractivity contribution in [2.45, 2.75) is 45.9 Å². The fourth-order valence-electron chi connectivity index (χ4n) is 1.06. The van der Waals surface area contributed by atoms with Crippen molar-refractivity contribution in [3.05, 3.63) is 0 Å². The van der Waals surface area contributed by atoms with Gasteiger partial charge in [0.2, 0.25) is 0 Å². The van der Waals surface area contributed by atoms with Crippen LogP contribution in [0.3, 0.4) is 0 Å². The van der Waals surface area contributed by atoms with Gasteiger partial charge in [-0.3, -0.25) is 0 Å². The highest BCUT2D eigenvalue weighted by Gasteiger charge is 2.59. The van der Waals surface area contributed by atoms with Gasteiger partial charge in [0, 0.05) is 5.41 Å². The Morgan fingerprint density at radius 2 is 1.67 bits per heavy atom.